The molecule has 0 saturated carbocycles. The average molecular weight is 476 g/mol. The van der Waals surface area contributed by atoms with Crippen molar-refractivity contribution >= 4 is 28.4 Å². The summed E-state index contributed by atoms with van der Waals surface area (Å²) in [7, 11) is 1.66. The van der Waals surface area contributed by atoms with Crippen LogP contribution in [-0.2, 0) is 0 Å². The van der Waals surface area contributed by atoms with Crippen molar-refractivity contribution in [2.45, 2.75) is 37.4 Å². The van der Waals surface area contributed by atoms with Gasteiger partial charge in [0.1, 0.15) is 5.75 Å². The topological polar surface area (TPSA) is 76.0 Å². The van der Waals surface area contributed by atoms with E-state index in [9.17, 15) is 4.79 Å². The van der Waals surface area contributed by atoms with Crippen LogP contribution in [0.4, 0.5) is 0 Å². The Kier molecular flexibility index (Phi) is 6.69. The van der Waals surface area contributed by atoms with E-state index in [1.54, 1.807) is 13.3 Å². The van der Waals surface area contributed by atoms with E-state index in [0.717, 1.165) is 46.4 Å². The van der Waals surface area contributed by atoms with Gasteiger partial charge in [-0.15, -0.1) is 10.2 Å². The smallest absolute Gasteiger partial charge is 0.196 e. The number of carbonyl (C=O) groups is 1. The summed E-state index contributed by atoms with van der Waals surface area (Å²) in [5.41, 5.74) is 2.64. The van der Waals surface area contributed by atoms with Gasteiger partial charge in [-0.2, -0.15) is 0 Å². The number of H-pyrrole nitrogens is 1. The maximum Gasteiger partial charge on any atom is 0.196 e. The molecule has 1 aliphatic heterocycles. The number of ketones is 1. The molecule has 34 heavy (non-hydrogen) atoms. The minimum absolute atomic E-state index is 0.0670. The number of nitrogens with one attached hydrogen (secondary N) is 1. The second-order valence-electron chi connectivity index (χ2n) is 8.61. The SMILES string of the molecule is COc1ccc(-n2c(SCC(=O)c3c[nH]c4ccccc34)nnc2[C@H](C)N2CCCCC2)cc1. The Labute approximate surface area is 203 Å². The summed E-state index contributed by atoms with van der Waals surface area (Å²) < 4.78 is 7.43. The molecule has 3 heterocycles. The van der Waals surface area contributed by atoms with Gasteiger partial charge in [0, 0.05) is 28.4 Å². The Bertz CT molecular complexity index is 1270. The molecule has 1 fully saturated rings. The van der Waals surface area contributed by atoms with Gasteiger partial charge in [-0.05, 0) is 63.2 Å². The first-order valence-corrected chi connectivity index (χ1v) is 12.7. The summed E-state index contributed by atoms with van der Waals surface area (Å²) in [5.74, 6) is 2.05. The zero-order valence-electron chi connectivity index (χ0n) is 19.5. The van der Waals surface area contributed by atoms with Crippen molar-refractivity contribution in [3.8, 4) is 11.4 Å². The van der Waals surface area contributed by atoms with Gasteiger partial charge in [0.15, 0.2) is 16.8 Å². The highest BCUT2D eigenvalue weighted by molar-refractivity contribution is 7.99. The van der Waals surface area contributed by atoms with Crippen molar-refractivity contribution in [3.63, 3.8) is 0 Å². The fourth-order valence-corrected chi connectivity index (χ4v) is 5.44. The molecule has 176 valence electrons. The largest absolute Gasteiger partial charge is 0.497 e. The molecular weight excluding hydrogens is 446 g/mol. The van der Waals surface area contributed by atoms with Gasteiger partial charge < -0.3 is 9.72 Å². The molecule has 5 rings (SSSR count). The highest BCUT2D eigenvalue weighted by Crippen LogP contribution is 2.31. The molecule has 1 saturated heterocycles. The Morgan fingerprint density at radius 1 is 1.09 bits per heavy atom. The number of para-hydroxylation sites is 1. The molecule has 2 aromatic carbocycles. The number of carbonyl (C=O) groups excluding carboxylic acids is 1. The van der Waals surface area contributed by atoms with E-state index in [1.165, 1.54) is 31.0 Å². The maximum atomic E-state index is 13.1. The molecule has 1 aliphatic rings. The fraction of sp³-hybridized carbons (Fsp3) is 0.346. The van der Waals surface area contributed by atoms with Gasteiger partial charge in [0.25, 0.3) is 0 Å². The Hall–Kier alpha value is -3.10. The van der Waals surface area contributed by atoms with E-state index in [0.29, 0.717) is 5.56 Å². The van der Waals surface area contributed by atoms with Crippen LogP contribution < -0.4 is 4.74 Å². The van der Waals surface area contributed by atoms with Gasteiger partial charge in [-0.25, -0.2) is 0 Å². The number of benzene rings is 2. The summed E-state index contributed by atoms with van der Waals surface area (Å²) in [6.07, 6.45) is 5.50. The van der Waals surface area contributed by atoms with Crippen molar-refractivity contribution in [2.75, 3.05) is 26.0 Å². The maximum absolute atomic E-state index is 13.1. The lowest BCUT2D eigenvalue weighted by molar-refractivity contribution is 0.102. The van der Waals surface area contributed by atoms with Crippen LogP contribution in [0.25, 0.3) is 16.6 Å². The first-order valence-electron chi connectivity index (χ1n) is 11.7. The first-order chi connectivity index (χ1) is 16.7. The summed E-state index contributed by atoms with van der Waals surface area (Å²) in [4.78, 5) is 18.8. The minimum atomic E-state index is 0.0670. The second-order valence-corrected chi connectivity index (χ2v) is 9.55. The summed E-state index contributed by atoms with van der Waals surface area (Å²) in [5, 5.41) is 10.8. The van der Waals surface area contributed by atoms with Gasteiger partial charge in [0.05, 0.1) is 18.9 Å². The van der Waals surface area contributed by atoms with Crippen LogP contribution >= 0.6 is 11.8 Å². The number of thioether (sulfide) groups is 1. The van der Waals surface area contributed by atoms with E-state index in [1.807, 2.05) is 48.5 Å². The van der Waals surface area contributed by atoms with Crippen molar-refractivity contribution in [1.82, 2.24) is 24.6 Å². The second kappa shape index (κ2) is 10.0. The quantitative estimate of drug-likeness (QED) is 0.276. The zero-order chi connectivity index (χ0) is 23.5. The third kappa shape index (κ3) is 4.48. The van der Waals surface area contributed by atoms with Crippen molar-refractivity contribution < 1.29 is 9.53 Å². The van der Waals surface area contributed by atoms with E-state index >= 15 is 0 Å². The van der Waals surface area contributed by atoms with E-state index < -0.39 is 0 Å². The predicted molar refractivity (Wildman–Crippen MR) is 135 cm³/mol. The van der Waals surface area contributed by atoms with Crippen molar-refractivity contribution in [2.24, 2.45) is 0 Å². The van der Waals surface area contributed by atoms with Crippen molar-refractivity contribution in [3.05, 3.63) is 66.1 Å². The molecule has 1 atom stereocenters. The lowest BCUT2D eigenvalue weighted by Crippen LogP contribution is -2.33. The van der Waals surface area contributed by atoms with Crippen molar-refractivity contribution in [1.29, 1.82) is 0 Å². The van der Waals surface area contributed by atoms with Crippen LogP contribution in [0.2, 0.25) is 0 Å². The number of hydrogen-bond acceptors (Lipinski definition) is 6. The first kappa shape index (κ1) is 22.7. The lowest BCUT2D eigenvalue weighted by atomic mass is 10.1. The predicted octanol–water partition coefficient (Wildman–Crippen LogP) is 5.28. The highest BCUT2D eigenvalue weighted by Gasteiger charge is 2.26. The number of piperidine rings is 1. The summed E-state index contributed by atoms with van der Waals surface area (Å²) >= 11 is 1.43. The fourth-order valence-electron chi connectivity index (χ4n) is 4.60. The molecule has 0 unspecified atom stereocenters. The summed E-state index contributed by atoms with van der Waals surface area (Å²) in [6, 6.07) is 15.9. The number of likely N-dealkylation sites (tertiary alicyclic amines) is 1. The van der Waals surface area contributed by atoms with E-state index in [-0.39, 0.29) is 17.6 Å². The van der Waals surface area contributed by atoms with Crippen LogP contribution in [0.3, 0.4) is 0 Å². The van der Waals surface area contributed by atoms with Gasteiger partial charge in [-0.1, -0.05) is 36.4 Å². The number of ether oxygens (including phenoxy) is 1. The van der Waals surface area contributed by atoms with E-state index in [2.05, 4.69) is 31.6 Å². The number of aromatic nitrogens is 4. The number of Topliss-reactive ketones (excluding diaryl/α,β-unsaturated/α-hetero) is 1. The number of hydrogen-bond donors (Lipinski definition) is 1. The van der Waals surface area contributed by atoms with Gasteiger partial charge in [-0.3, -0.25) is 14.3 Å². The molecule has 0 bridgehead atoms. The standard InChI is InChI=1S/C26H29N5O2S/c1-18(30-14-6-3-7-15-30)25-28-29-26(31(25)19-10-12-20(33-2)13-11-19)34-17-24(32)22-16-27-23-9-5-4-8-21(22)23/h4-5,8-13,16,18,27H,3,6-7,14-15,17H2,1-2H3/t18-/m0/s1. The number of aromatic amines is 1. The molecule has 1 N–H and O–H groups in total. The Morgan fingerprint density at radius 3 is 2.62 bits per heavy atom. The van der Waals surface area contributed by atoms with Crippen LogP contribution in [-0.4, -0.2) is 56.4 Å². The number of nitrogens with zero attached hydrogens (tertiary/aromatic N) is 4. The Balaban J connectivity index is 1.43. The molecule has 0 spiro atoms. The van der Waals surface area contributed by atoms with Crippen LogP contribution in [0.15, 0.2) is 59.9 Å². The number of fused-ring (bicyclic) bond motifs is 1. The Morgan fingerprint density at radius 2 is 1.85 bits per heavy atom. The highest BCUT2D eigenvalue weighted by atomic mass is 32.2. The van der Waals surface area contributed by atoms with Crippen LogP contribution in [0.1, 0.15) is 48.4 Å². The zero-order valence-corrected chi connectivity index (χ0v) is 20.3. The molecule has 0 radical (unpaired) electrons. The molecule has 8 heteroatoms. The lowest BCUT2D eigenvalue weighted by Gasteiger charge is -2.31. The third-order valence-corrected chi connectivity index (χ3v) is 7.45. The normalized spacial score (nSPS) is 15.5. The molecule has 0 amide bonds. The van der Waals surface area contributed by atoms with Gasteiger partial charge in [0.2, 0.25) is 0 Å². The number of methoxy groups -OCH3 is 1. The van der Waals surface area contributed by atoms with Gasteiger partial charge >= 0.3 is 0 Å². The molecule has 7 nitrogen and oxygen atoms in total. The average Bonchev–Trinajstić information content (AvgIpc) is 3.52. The van der Waals surface area contributed by atoms with E-state index in [4.69, 9.17) is 4.74 Å². The van der Waals surface area contributed by atoms with Crippen LogP contribution in [0.5, 0.6) is 5.75 Å². The number of rotatable bonds is 8. The minimum Gasteiger partial charge on any atom is -0.497 e. The molecule has 0 aliphatic carbocycles. The van der Waals surface area contributed by atoms with Crippen LogP contribution in [0, 0.1) is 0 Å². The monoisotopic (exact) mass is 475 g/mol. The summed E-state index contributed by atoms with van der Waals surface area (Å²) in [6.45, 7) is 4.33. The molecule has 4 aromatic rings. The molecule has 2 aromatic heterocycles. The molecular formula is C26H29N5O2S. The third-order valence-electron chi connectivity index (χ3n) is 6.52.